The molecule has 1 aliphatic heterocycles. The van der Waals surface area contributed by atoms with E-state index in [1.807, 2.05) is 12.1 Å². The van der Waals surface area contributed by atoms with Crippen LogP contribution in [-0.4, -0.2) is 11.2 Å². The lowest BCUT2D eigenvalue weighted by Gasteiger charge is -2.37. The molecular weight excluding hydrogens is 287 g/mol. The highest BCUT2D eigenvalue weighted by Crippen LogP contribution is 2.31. The van der Waals surface area contributed by atoms with Crippen molar-refractivity contribution in [1.82, 2.24) is 5.32 Å². The number of aryl methyl sites for hydroxylation is 1. The third-order valence-corrected chi connectivity index (χ3v) is 4.13. The van der Waals surface area contributed by atoms with E-state index in [1.54, 1.807) is 18.4 Å². The van der Waals surface area contributed by atoms with Crippen LogP contribution in [0.1, 0.15) is 24.7 Å². The van der Waals surface area contributed by atoms with Gasteiger partial charge in [0, 0.05) is 11.7 Å². The number of nitrogens with zero attached hydrogens (tertiary/aromatic N) is 1. The van der Waals surface area contributed by atoms with Crippen molar-refractivity contribution >= 4 is 23.0 Å². The van der Waals surface area contributed by atoms with Crippen LogP contribution in [0.4, 0.5) is 10.1 Å². The maximum Gasteiger partial charge on any atom is 0.174 e. The minimum Gasteiger partial charge on any atom is -0.467 e. The van der Waals surface area contributed by atoms with Crippen LogP contribution in [0.3, 0.4) is 0 Å². The zero-order valence-corrected chi connectivity index (χ0v) is 12.6. The van der Waals surface area contributed by atoms with E-state index in [0.717, 1.165) is 29.9 Å². The summed E-state index contributed by atoms with van der Waals surface area (Å²) in [5.41, 5.74) is 2.00. The molecule has 0 saturated heterocycles. The van der Waals surface area contributed by atoms with Gasteiger partial charge in [0.15, 0.2) is 5.11 Å². The number of halogens is 1. The minimum absolute atomic E-state index is 0.197. The van der Waals surface area contributed by atoms with E-state index < -0.39 is 0 Å². The lowest BCUT2D eigenvalue weighted by molar-refractivity contribution is 0.502. The van der Waals surface area contributed by atoms with E-state index in [0.29, 0.717) is 17.7 Å². The Labute approximate surface area is 128 Å². The normalized spacial score (nSPS) is 17.4. The summed E-state index contributed by atoms with van der Waals surface area (Å²) in [6, 6.07) is 8.93. The molecule has 1 aromatic heterocycles. The summed E-state index contributed by atoms with van der Waals surface area (Å²) in [6.07, 6.45) is 3.48. The van der Waals surface area contributed by atoms with E-state index in [9.17, 15) is 4.39 Å². The van der Waals surface area contributed by atoms with Crippen molar-refractivity contribution in [2.75, 3.05) is 4.90 Å². The summed E-state index contributed by atoms with van der Waals surface area (Å²) in [5, 5.41) is 3.86. The van der Waals surface area contributed by atoms with Crippen molar-refractivity contribution in [3.05, 3.63) is 53.7 Å². The molecule has 21 heavy (non-hydrogen) atoms. The maximum absolute atomic E-state index is 13.4. The Balaban J connectivity index is 1.79. The molecular formula is C16H17FN2OS. The number of nitrogens with one attached hydrogen (secondary N) is 1. The van der Waals surface area contributed by atoms with Crippen LogP contribution in [0.2, 0.25) is 0 Å². The molecule has 0 saturated carbocycles. The summed E-state index contributed by atoms with van der Waals surface area (Å²) >= 11 is 5.51. The van der Waals surface area contributed by atoms with Crippen molar-refractivity contribution in [3.63, 3.8) is 0 Å². The number of anilines is 1. The molecule has 0 fully saturated rings. The minimum atomic E-state index is -0.197. The van der Waals surface area contributed by atoms with Gasteiger partial charge in [0.05, 0.1) is 12.8 Å². The first-order chi connectivity index (χ1) is 10.1. The molecule has 1 N–H and O–H groups in total. The first kappa shape index (κ1) is 14.1. The van der Waals surface area contributed by atoms with Crippen molar-refractivity contribution in [2.45, 2.75) is 32.4 Å². The molecule has 3 nitrogen and oxygen atoms in total. The van der Waals surface area contributed by atoms with Crippen LogP contribution in [-0.2, 0) is 13.0 Å². The van der Waals surface area contributed by atoms with Crippen molar-refractivity contribution < 1.29 is 8.81 Å². The van der Waals surface area contributed by atoms with Crippen LogP contribution >= 0.6 is 12.2 Å². The van der Waals surface area contributed by atoms with Gasteiger partial charge in [-0.05, 0) is 67.9 Å². The molecule has 0 amide bonds. The SMILES string of the molecule is CC1CCc2cc(F)ccc2N1C(=S)NCc1ccco1. The van der Waals surface area contributed by atoms with Gasteiger partial charge in [0.2, 0.25) is 0 Å². The Kier molecular flexibility index (Phi) is 3.92. The average Bonchev–Trinajstić information content (AvgIpc) is 2.98. The van der Waals surface area contributed by atoms with Crippen molar-refractivity contribution in [1.29, 1.82) is 0 Å². The largest absolute Gasteiger partial charge is 0.467 e. The van der Waals surface area contributed by atoms with Gasteiger partial charge in [-0.3, -0.25) is 0 Å². The first-order valence-corrected chi connectivity index (χ1v) is 7.44. The first-order valence-electron chi connectivity index (χ1n) is 7.03. The number of hydrogen-bond acceptors (Lipinski definition) is 2. The van der Waals surface area contributed by atoms with Gasteiger partial charge >= 0.3 is 0 Å². The highest BCUT2D eigenvalue weighted by atomic mass is 32.1. The number of thiocarbonyl (C=S) groups is 1. The second-order valence-corrected chi connectivity index (χ2v) is 5.66. The van der Waals surface area contributed by atoms with Crippen LogP contribution in [0, 0.1) is 5.82 Å². The summed E-state index contributed by atoms with van der Waals surface area (Å²) in [7, 11) is 0. The summed E-state index contributed by atoms with van der Waals surface area (Å²) in [4.78, 5) is 2.07. The van der Waals surface area contributed by atoms with Crippen molar-refractivity contribution in [3.8, 4) is 0 Å². The second kappa shape index (κ2) is 5.85. The van der Waals surface area contributed by atoms with Gasteiger partial charge in [-0.1, -0.05) is 0 Å². The molecule has 1 atom stereocenters. The molecule has 2 aromatic rings. The summed E-state index contributed by atoms with van der Waals surface area (Å²) in [6.45, 7) is 2.68. The number of benzene rings is 1. The van der Waals surface area contributed by atoms with Crippen molar-refractivity contribution in [2.24, 2.45) is 0 Å². The average molecular weight is 304 g/mol. The van der Waals surface area contributed by atoms with E-state index in [1.165, 1.54) is 6.07 Å². The Bertz CT molecular complexity index is 642. The van der Waals surface area contributed by atoms with Crippen LogP contribution in [0.5, 0.6) is 0 Å². The van der Waals surface area contributed by atoms with Gasteiger partial charge in [0.1, 0.15) is 11.6 Å². The predicted octanol–water partition coefficient (Wildman–Crippen LogP) is 3.63. The molecule has 1 aliphatic rings. The number of fused-ring (bicyclic) bond motifs is 1. The Morgan fingerprint density at radius 3 is 3.10 bits per heavy atom. The molecule has 5 heteroatoms. The van der Waals surface area contributed by atoms with Gasteiger partial charge in [-0.25, -0.2) is 4.39 Å². The molecule has 1 unspecified atom stereocenters. The van der Waals surface area contributed by atoms with Crippen LogP contribution in [0.25, 0.3) is 0 Å². The Hall–Kier alpha value is -1.88. The number of hydrogen-bond donors (Lipinski definition) is 1. The second-order valence-electron chi connectivity index (χ2n) is 5.27. The Morgan fingerprint density at radius 2 is 2.33 bits per heavy atom. The molecule has 0 aliphatic carbocycles. The number of furan rings is 1. The smallest absolute Gasteiger partial charge is 0.174 e. The van der Waals surface area contributed by atoms with Gasteiger partial charge in [-0.15, -0.1) is 0 Å². The number of rotatable bonds is 2. The molecule has 0 bridgehead atoms. The molecule has 3 rings (SSSR count). The van der Waals surface area contributed by atoms with Gasteiger partial charge < -0.3 is 14.6 Å². The molecule has 2 heterocycles. The van der Waals surface area contributed by atoms with Gasteiger partial charge in [-0.2, -0.15) is 0 Å². The fourth-order valence-electron chi connectivity index (χ4n) is 2.69. The van der Waals surface area contributed by atoms with Crippen LogP contribution in [0.15, 0.2) is 41.0 Å². The lowest BCUT2D eigenvalue weighted by atomic mass is 9.97. The van der Waals surface area contributed by atoms with Crippen LogP contribution < -0.4 is 10.2 Å². The molecule has 1 aromatic carbocycles. The predicted molar refractivity (Wildman–Crippen MR) is 84.8 cm³/mol. The molecule has 0 radical (unpaired) electrons. The summed E-state index contributed by atoms with van der Waals surface area (Å²) in [5.74, 6) is 0.638. The van der Waals surface area contributed by atoms with E-state index in [4.69, 9.17) is 16.6 Å². The fraction of sp³-hybridized carbons (Fsp3) is 0.312. The third kappa shape index (κ3) is 2.93. The monoisotopic (exact) mass is 304 g/mol. The molecule has 0 spiro atoms. The maximum atomic E-state index is 13.4. The highest BCUT2D eigenvalue weighted by Gasteiger charge is 2.26. The molecule has 110 valence electrons. The van der Waals surface area contributed by atoms with E-state index in [2.05, 4.69) is 17.1 Å². The van der Waals surface area contributed by atoms with E-state index >= 15 is 0 Å². The lowest BCUT2D eigenvalue weighted by Crippen LogP contribution is -2.47. The third-order valence-electron chi connectivity index (χ3n) is 3.79. The van der Waals surface area contributed by atoms with Gasteiger partial charge in [0.25, 0.3) is 0 Å². The zero-order valence-electron chi connectivity index (χ0n) is 11.8. The highest BCUT2D eigenvalue weighted by molar-refractivity contribution is 7.80. The van der Waals surface area contributed by atoms with E-state index in [-0.39, 0.29) is 5.82 Å². The quantitative estimate of drug-likeness (QED) is 0.858. The summed E-state index contributed by atoms with van der Waals surface area (Å²) < 4.78 is 18.7. The zero-order chi connectivity index (χ0) is 14.8. The standard InChI is InChI=1S/C16H17FN2OS/c1-11-4-5-12-9-13(17)6-7-15(12)19(11)16(21)18-10-14-3-2-8-20-14/h2-3,6-9,11H,4-5,10H2,1H3,(H,18,21). The topological polar surface area (TPSA) is 28.4 Å². The Morgan fingerprint density at radius 1 is 1.48 bits per heavy atom. The fourth-order valence-corrected chi connectivity index (χ4v) is 3.04.